The van der Waals surface area contributed by atoms with E-state index in [-0.39, 0.29) is 23.9 Å². The number of thioether (sulfide) groups is 1. The van der Waals surface area contributed by atoms with Gasteiger partial charge in [0.25, 0.3) is 5.56 Å². The summed E-state index contributed by atoms with van der Waals surface area (Å²) in [6, 6.07) is 1.52. The molecule has 1 rings (SSSR count). The first-order valence-electron chi connectivity index (χ1n) is 7.13. The molecule has 0 bridgehead atoms. The van der Waals surface area contributed by atoms with Crippen molar-refractivity contribution in [2.45, 2.75) is 38.6 Å². The van der Waals surface area contributed by atoms with Crippen LogP contribution in [-0.2, 0) is 9.53 Å². The Bertz CT molecular complexity index is 670. The van der Waals surface area contributed by atoms with Gasteiger partial charge in [-0.2, -0.15) is 13.2 Å². The average molecular weight is 365 g/mol. The maximum atomic E-state index is 13.1. The van der Waals surface area contributed by atoms with E-state index in [0.29, 0.717) is 11.3 Å². The van der Waals surface area contributed by atoms with E-state index in [1.807, 2.05) is 0 Å². The highest BCUT2D eigenvalue weighted by atomic mass is 32.2. The fourth-order valence-electron chi connectivity index (χ4n) is 2.11. The van der Waals surface area contributed by atoms with Crippen molar-refractivity contribution in [3.63, 3.8) is 0 Å². The van der Waals surface area contributed by atoms with E-state index in [1.165, 1.54) is 13.0 Å². The maximum Gasteiger partial charge on any atom is 0.401 e. The van der Waals surface area contributed by atoms with Crippen molar-refractivity contribution < 1.29 is 27.5 Å². The molecule has 0 aliphatic carbocycles. The summed E-state index contributed by atoms with van der Waals surface area (Å²) in [4.78, 5) is 37.6. The molecule has 0 aliphatic heterocycles. The van der Waals surface area contributed by atoms with Crippen molar-refractivity contribution >= 4 is 23.5 Å². The minimum atomic E-state index is -4.68. The van der Waals surface area contributed by atoms with Gasteiger partial charge in [-0.1, -0.05) is 0 Å². The van der Waals surface area contributed by atoms with Gasteiger partial charge < -0.3 is 9.72 Å². The van der Waals surface area contributed by atoms with E-state index in [1.54, 1.807) is 13.8 Å². The molecular formula is C15H18F3NO4S. The molecule has 0 saturated heterocycles. The summed E-state index contributed by atoms with van der Waals surface area (Å²) < 4.78 is 43.8. The molecule has 1 aromatic heterocycles. The summed E-state index contributed by atoms with van der Waals surface area (Å²) in [5.74, 6) is -2.21. The van der Waals surface area contributed by atoms with Gasteiger partial charge in [0, 0.05) is 12.1 Å². The molecule has 0 aromatic carbocycles. The molecule has 1 atom stereocenters. The number of aryl methyl sites for hydroxylation is 2. The number of pyridine rings is 1. The molecule has 0 unspecified atom stereocenters. The number of aromatic amines is 1. The Morgan fingerprint density at radius 1 is 1.33 bits per heavy atom. The zero-order valence-corrected chi connectivity index (χ0v) is 14.3. The predicted molar refractivity (Wildman–Crippen MR) is 84.4 cm³/mol. The summed E-state index contributed by atoms with van der Waals surface area (Å²) in [5, 5.41) is -2.09. The fourth-order valence-corrected chi connectivity index (χ4v) is 2.99. The van der Waals surface area contributed by atoms with Gasteiger partial charge >= 0.3 is 12.1 Å². The van der Waals surface area contributed by atoms with Crippen molar-refractivity contribution in [2.75, 3.05) is 12.4 Å². The second kappa shape index (κ2) is 8.36. The lowest BCUT2D eigenvalue weighted by atomic mass is 10.0. The number of nitrogens with one attached hydrogen (secondary N) is 1. The highest BCUT2D eigenvalue weighted by Gasteiger charge is 2.42. The molecule has 1 heterocycles. The Labute approximate surface area is 141 Å². The third-order valence-electron chi connectivity index (χ3n) is 3.09. The Kier molecular flexibility index (Phi) is 7.07. The number of carbonyl (C=O) groups is 2. The van der Waals surface area contributed by atoms with Crippen molar-refractivity contribution in [1.82, 2.24) is 4.98 Å². The van der Waals surface area contributed by atoms with Gasteiger partial charge in [0.05, 0.1) is 17.9 Å². The van der Waals surface area contributed by atoms with Gasteiger partial charge in [-0.3, -0.25) is 14.4 Å². The zero-order valence-electron chi connectivity index (χ0n) is 13.5. The van der Waals surface area contributed by atoms with Crippen LogP contribution in [-0.4, -0.2) is 40.5 Å². The summed E-state index contributed by atoms with van der Waals surface area (Å²) in [6.07, 6.45) is -5.60. The van der Waals surface area contributed by atoms with E-state index in [0.717, 1.165) is 0 Å². The summed E-state index contributed by atoms with van der Waals surface area (Å²) >= 11 is 0.282. The van der Waals surface area contributed by atoms with Gasteiger partial charge in [-0.25, -0.2) is 0 Å². The zero-order chi connectivity index (χ0) is 18.5. The lowest BCUT2D eigenvalue weighted by Gasteiger charge is -2.19. The Balaban J connectivity index is 2.93. The fraction of sp³-hybridized carbons (Fsp3) is 0.533. The second-order valence-electron chi connectivity index (χ2n) is 5.11. The molecule has 24 heavy (non-hydrogen) atoms. The molecular weight excluding hydrogens is 347 g/mol. The van der Waals surface area contributed by atoms with Crippen LogP contribution in [0.15, 0.2) is 10.9 Å². The number of halogens is 3. The lowest BCUT2D eigenvalue weighted by molar-refractivity contribution is -0.140. The molecule has 134 valence electrons. The number of aromatic nitrogens is 1. The number of carbonyl (C=O) groups excluding carboxylic acids is 2. The highest BCUT2D eigenvalue weighted by Crippen LogP contribution is 2.33. The molecule has 5 nitrogen and oxygen atoms in total. The van der Waals surface area contributed by atoms with Crippen molar-refractivity contribution in [1.29, 1.82) is 0 Å². The van der Waals surface area contributed by atoms with Crippen molar-refractivity contribution in [3.05, 3.63) is 33.2 Å². The number of ketones is 1. The minimum Gasteiger partial charge on any atom is -0.465 e. The van der Waals surface area contributed by atoms with Crippen molar-refractivity contribution in [2.24, 2.45) is 0 Å². The van der Waals surface area contributed by atoms with E-state index in [4.69, 9.17) is 0 Å². The number of alkyl halides is 3. The molecule has 1 aromatic rings. The smallest absolute Gasteiger partial charge is 0.401 e. The van der Waals surface area contributed by atoms with Crippen LogP contribution in [0.4, 0.5) is 13.2 Å². The molecule has 0 fully saturated rings. The van der Waals surface area contributed by atoms with E-state index in [9.17, 15) is 27.6 Å². The molecule has 0 saturated carbocycles. The molecule has 0 amide bonds. The van der Waals surface area contributed by atoms with Crippen LogP contribution < -0.4 is 5.56 Å². The highest BCUT2D eigenvalue weighted by molar-refractivity contribution is 8.00. The van der Waals surface area contributed by atoms with Gasteiger partial charge in [-0.15, -0.1) is 11.8 Å². The van der Waals surface area contributed by atoms with Gasteiger partial charge in [-0.05, 0) is 32.4 Å². The Morgan fingerprint density at radius 3 is 2.46 bits per heavy atom. The van der Waals surface area contributed by atoms with Crippen molar-refractivity contribution in [3.8, 4) is 0 Å². The molecule has 1 N–H and O–H groups in total. The number of hydrogen-bond donors (Lipinski definition) is 1. The third kappa shape index (κ3) is 5.70. The Hall–Kier alpha value is -1.77. The summed E-state index contributed by atoms with van der Waals surface area (Å²) in [6.45, 7) is 4.70. The number of esters is 1. The van der Waals surface area contributed by atoms with E-state index in [2.05, 4.69) is 9.72 Å². The number of ether oxygens (including phenoxy) is 1. The quantitative estimate of drug-likeness (QED) is 0.594. The minimum absolute atomic E-state index is 0.0624. The topological polar surface area (TPSA) is 76.2 Å². The monoisotopic (exact) mass is 365 g/mol. The average Bonchev–Trinajstić information content (AvgIpc) is 2.41. The number of H-pyrrole nitrogens is 1. The van der Waals surface area contributed by atoms with Crippen LogP contribution in [0.3, 0.4) is 0 Å². The number of hydrogen-bond acceptors (Lipinski definition) is 5. The van der Waals surface area contributed by atoms with Gasteiger partial charge in [0.1, 0.15) is 5.25 Å². The third-order valence-corrected chi connectivity index (χ3v) is 4.33. The molecule has 0 spiro atoms. The van der Waals surface area contributed by atoms with Crippen LogP contribution >= 0.6 is 11.8 Å². The molecule has 0 aliphatic rings. The Morgan fingerprint density at radius 2 is 1.96 bits per heavy atom. The molecule has 9 heteroatoms. The normalized spacial score (nSPS) is 12.8. The van der Waals surface area contributed by atoms with Crippen LogP contribution in [0.25, 0.3) is 0 Å². The largest absolute Gasteiger partial charge is 0.465 e. The van der Waals surface area contributed by atoms with Gasteiger partial charge in [0.2, 0.25) is 0 Å². The van der Waals surface area contributed by atoms with Crippen LogP contribution in [0, 0.1) is 13.8 Å². The van der Waals surface area contributed by atoms with Crippen LogP contribution in [0.1, 0.15) is 35.0 Å². The van der Waals surface area contributed by atoms with Crippen LogP contribution in [0.5, 0.6) is 0 Å². The first kappa shape index (κ1) is 20.3. The number of rotatable bonds is 7. The lowest BCUT2D eigenvalue weighted by Crippen LogP contribution is -2.32. The standard InChI is InChI=1S/C15H18F3NO4S/c1-4-23-12(21)7-24-11(15(16,17)18)6-10(20)13-8(2)5-9(3)19-14(13)22/h5,11H,4,6-7H2,1-3H3,(H,19,22)/t11-/m0/s1. The summed E-state index contributed by atoms with van der Waals surface area (Å²) in [7, 11) is 0. The first-order chi connectivity index (χ1) is 11.1. The number of Topliss-reactive ketones (excluding diaryl/α,β-unsaturated/α-hetero) is 1. The maximum absolute atomic E-state index is 13.1. The van der Waals surface area contributed by atoms with E-state index >= 15 is 0 Å². The molecule has 0 radical (unpaired) electrons. The summed E-state index contributed by atoms with van der Waals surface area (Å²) in [5.41, 5.74) is -0.170. The van der Waals surface area contributed by atoms with Gasteiger partial charge in [0.15, 0.2) is 5.78 Å². The van der Waals surface area contributed by atoms with Crippen LogP contribution in [0.2, 0.25) is 0 Å². The second-order valence-corrected chi connectivity index (χ2v) is 6.30. The first-order valence-corrected chi connectivity index (χ1v) is 8.18. The predicted octanol–water partition coefficient (Wildman–Crippen LogP) is 2.79. The van der Waals surface area contributed by atoms with E-state index < -0.39 is 40.9 Å². The SMILES string of the molecule is CCOC(=O)CS[C@@H](CC(=O)c1c(C)cc(C)[nH]c1=O)C(F)(F)F.